The molecule has 2 aliphatic rings. The molecule has 234 valence electrons. The fourth-order valence-electron chi connectivity index (χ4n) is 6.39. The third-order valence-corrected chi connectivity index (χ3v) is 8.66. The highest BCUT2D eigenvalue weighted by Crippen LogP contribution is 2.37. The molecule has 0 radical (unpaired) electrons. The minimum atomic E-state index is -2.63. The number of halogens is 2. The first-order valence-electron chi connectivity index (χ1n) is 15.2. The Balaban J connectivity index is 1.54. The van der Waals surface area contributed by atoms with Gasteiger partial charge in [0.05, 0.1) is 31.3 Å². The minimum Gasteiger partial charge on any atom is -0.496 e. The lowest BCUT2D eigenvalue weighted by Gasteiger charge is -2.37. The average Bonchev–Trinajstić information content (AvgIpc) is 3.39. The number of hydrogen-bond acceptors (Lipinski definition) is 7. The molecule has 4 heterocycles. The summed E-state index contributed by atoms with van der Waals surface area (Å²) >= 11 is 0. The highest BCUT2D eigenvalue weighted by molar-refractivity contribution is 6.09. The van der Waals surface area contributed by atoms with Crippen LogP contribution < -0.4 is 20.5 Å². The van der Waals surface area contributed by atoms with E-state index in [4.69, 9.17) is 13.9 Å². The van der Waals surface area contributed by atoms with Crippen LogP contribution in [0, 0.1) is 6.92 Å². The van der Waals surface area contributed by atoms with Crippen LogP contribution in [0.2, 0.25) is 0 Å². The van der Waals surface area contributed by atoms with Crippen molar-refractivity contribution in [3.05, 3.63) is 56.7 Å². The number of amides is 1. The molecule has 2 fully saturated rings. The van der Waals surface area contributed by atoms with Gasteiger partial charge in [-0.25, -0.2) is 8.78 Å². The largest absolute Gasteiger partial charge is 0.496 e. The van der Waals surface area contributed by atoms with E-state index >= 15 is 0 Å². The minimum absolute atomic E-state index is 0.0172. The van der Waals surface area contributed by atoms with Crippen LogP contribution in [0.5, 0.6) is 5.75 Å². The first kappa shape index (κ1) is 31.0. The zero-order valence-corrected chi connectivity index (χ0v) is 25.5. The van der Waals surface area contributed by atoms with Crippen molar-refractivity contribution in [1.29, 1.82) is 0 Å². The zero-order valence-electron chi connectivity index (χ0n) is 25.5. The van der Waals surface area contributed by atoms with Crippen molar-refractivity contribution >= 4 is 22.6 Å². The predicted molar refractivity (Wildman–Crippen MR) is 161 cm³/mol. The van der Waals surface area contributed by atoms with Gasteiger partial charge in [0.25, 0.3) is 17.4 Å². The number of nitrogens with zero attached hydrogens (tertiary/aromatic N) is 2. The quantitative estimate of drug-likeness (QED) is 0.331. The van der Waals surface area contributed by atoms with E-state index in [-0.39, 0.29) is 50.0 Å². The first-order valence-corrected chi connectivity index (χ1v) is 15.2. The summed E-state index contributed by atoms with van der Waals surface area (Å²) in [7, 11) is 1.49. The van der Waals surface area contributed by atoms with Crippen molar-refractivity contribution in [1.82, 2.24) is 15.2 Å². The average molecular weight is 601 g/mol. The van der Waals surface area contributed by atoms with Gasteiger partial charge in [-0.1, -0.05) is 6.92 Å². The normalized spacial score (nSPS) is 17.7. The number of anilines is 1. The molecular weight excluding hydrogens is 558 g/mol. The van der Waals surface area contributed by atoms with Crippen molar-refractivity contribution in [2.24, 2.45) is 0 Å². The summed E-state index contributed by atoms with van der Waals surface area (Å²) < 4.78 is 44.9. The van der Waals surface area contributed by atoms with Gasteiger partial charge in [-0.3, -0.25) is 14.5 Å². The van der Waals surface area contributed by atoms with Crippen LogP contribution in [-0.4, -0.2) is 67.7 Å². The van der Waals surface area contributed by atoms with Crippen LogP contribution in [0.15, 0.2) is 27.4 Å². The van der Waals surface area contributed by atoms with E-state index in [1.807, 2.05) is 24.0 Å². The van der Waals surface area contributed by atoms with Gasteiger partial charge in [0.1, 0.15) is 17.1 Å². The molecule has 0 atom stereocenters. The molecule has 43 heavy (non-hydrogen) atoms. The summed E-state index contributed by atoms with van der Waals surface area (Å²) in [6.45, 7) is 8.95. The Bertz CT molecular complexity index is 1500. The molecule has 0 spiro atoms. The third kappa shape index (κ3) is 6.72. The molecule has 0 aliphatic carbocycles. The van der Waals surface area contributed by atoms with E-state index in [1.165, 1.54) is 7.11 Å². The van der Waals surface area contributed by atoms with Crippen LogP contribution in [0.1, 0.15) is 72.5 Å². The number of carbonyl (C=O) groups excluding carboxylic acids is 1. The second-order valence-electron chi connectivity index (χ2n) is 11.5. The number of furan rings is 1. The molecule has 1 amide bonds. The summed E-state index contributed by atoms with van der Waals surface area (Å²) in [6.07, 6.45) is 2.02. The number of H-pyrrole nitrogens is 1. The number of carbonyl (C=O) groups is 1. The fraction of sp³-hybridized carbons (Fsp3) is 0.562. The molecule has 5 rings (SSSR count). The van der Waals surface area contributed by atoms with Gasteiger partial charge < -0.3 is 29.1 Å². The topological polar surface area (TPSA) is 100 Å². The predicted octanol–water partition coefficient (Wildman–Crippen LogP) is 5.17. The zero-order chi connectivity index (χ0) is 30.7. The van der Waals surface area contributed by atoms with Gasteiger partial charge in [0.2, 0.25) is 0 Å². The second-order valence-corrected chi connectivity index (χ2v) is 11.5. The van der Waals surface area contributed by atoms with E-state index in [1.54, 1.807) is 13.0 Å². The molecular formula is C32H42F2N4O5. The molecule has 11 heteroatoms. The fourth-order valence-corrected chi connectivity index (χ4v) is 6.39. The Morgan fingerprint density at radius 1 is 1.16 bits per heavy atom. The monoisotopic (exact) mass is 600 g/mol. The number of benzene rings is 1. The summed E-state index contributed by atoms with van der Waals surface area (Å²) in [5.41, 5.74) is 3.59. The van der Waals surface area contributed by atoms with Gasteiger partial charge in [-0.15, -0.1) is 0 Å². The Hall–Kier alpha value is -3.44. The van der Waals surface area contributed by atoms with Crippen LogP contribution in [0.3, 0.4) is 0 Å². The van der Waals surface area contributed by atoms with Crippen molar-refractivity contribution in [3.63, 3.8) is 0 Å². The molecule has 2 saturated heterocycles. The lowest BCUT2D eigenvalue weighted by atomic mass is 9.95. The van der Waals surface area contributed by atoms with Gasteiger partial charge in [0.15, 0.2) is 0 Å². The number of hydrogen-bond donors (Lipinski definition) is 2. The molecule has 0 unspecified atom stereocenters. The van der Waals surface area contributed by atoms with Crippen LogP contribution >= 0.6 is 0 Å². The number of methoxy groups -OCH3 is 1. The van der Waals surface area contributed by atoms with Gasteiger partial charge in [-0.05, 0) is 50.8 Å². The number of aromatic nitrogens is 1. The lowest BCUT2D eigenvalue weighted by Crippen LogP contribution is -2.40. The molecule has 9 nitrogen and oxygen atoms in total. The van der Waals surface area contributed by atoms with Crippen molar-refractivity contribution in [3.8, 4) is 5.75 Å². The number of pyridine rings is 1. The molecule has 0 bridgehead atoms. The van der Waals surface area contributed by atoms with E-state index in [0.717, 1.165) is 30.6 Å². The number of fused-ring (bicyclic) bond motifs is 1. The maximum absolute atomic E-state index is 14.1. The molecule has 0 saturated carbocycles. The summed E-state index contributed by atoms with van der Waals surface area (Å²) in [6, 6.07) is 5.87. The second kappa shape index (κ2) is 13.1. The van der Waals surface area contributed by atoms with Gasteiger partial charge in [0, 0.05) is 74.6 Å². The third-order valence-electron chi connectivity index (χ3n) is 8.66. The molecule has 2 N–H and O–H groups in total. The van der Waals surface area contributed by atoms with Crippen LogP contribution in [-0.2, 0) is 24.2 Å². The number of ether oxygens (including phenoxy) is 2. The number of aromatic amines is 1. The molecule has 1 aromatic carbocycles. The molecule has 2 aliphatic heterocycles. The van der Waals surface area contributed by atoms with Crippen molar-refractivity contribution in [2.75, 3.05) is 44.9 Å². The number of aryl methyl sites for hydroxylation is 1. The Morgan fingerprint density at radius 3 is 2.53 bits per heavy atom. The van der Waals surface area contributed by atoms with E-state index in [0.29, 0.717) is 65.5 Å². The smallest absolute Gasteiger partial charge is 0.256 e. The summed E-state index contributed by atoms with van der Waals surface area (Å²) in [5.74, 6) is -1.92. The molecule has 2 aromatic heterocycles. The van der Waals surface area contributed by atoms with Crippen molar-refractivity contribution < 1.29 is 27.5 Å². The van der Waals surface area contributed by atoms with Gasteiger partial charge in [-0.2, -0.15) is 0 Å². The lowest BCUT2D eigenvalue weighted by molar-refractivity contribution is -0.0575. The Morgan fingerprint density at radius 2 is 1.88 bits per heavy atom. The van der Waals surface area contributed by atoms with E-state index < -0.39 is 5.92 Å². The van der Waals surface area contributed by atoms with Gasteiger partial charge >= 0.3 is 0 Å². The SMILES string of the molecule is CCc1c(N(CC)C2CCOCC2)cc2oc(CN3CCC(F)(F)CC3)cc2c1C(=O)NCc1c(OC)cc(C)[nH]c1=O. The summed E-state index contributed by atoms with van der Waals surface area (Å²) in [4.78, 5) is 33.9. The highest BCUT2D eigenvalue weighted by atomic mass is 19.3. The van der Waals surface area contributed by atoms with E-state index in [9.17, 15) is 18.4 Å². The maximum Gasteiger partial charge on any atom is 0.256 e. The van der Waals surface area contributed by atoms with Crippen molar-refractivity contribution in [2.45, 2.75) is 77.9 Å². The molecule has 3 aromatic rings. The standard InChI is InChI=1S/C32H42F2N4O5/c1-5-23-26(38(6-2)21-7-13-42-14-8-21)17-28-24(16-22(43-28)19-37-11-9-32(33,34)10-12-37)29(23)31(40)35-18-25-27(41-4)15-20(3)36-30(25)39/h15-17,21H,5-14,18-19H2,1-4H3,(H,35,40)(H,36,39). The number of piperidine rings is 1. The number of rotatable bonds is 10. The summed E-state index contributed by atoms with van der Waals surface area (Å²) in [5, 5.41) is 3.64. The van der Waals surface area contributed by atoms with Crippen LogP contribution in [0.25, 0.3) is 11.0 Å². The number of likely N-dealkylation sites (tertiary alicyclic amines) is 1. The van der Waals surface area contributed by atoms with E-state index in [2.05, 4.69) is 22.1 Å². The van der Waals surface area contributed by atoms with Crippen LogP contribution in [0.4, 0.5) is 14.5 Å². The number of alkyl halides is 2. The Kier molecular flexibility index (Phi) is 9.41. The Labute approximate surface area is 250 Å². The highest BCUT2D eigenvalue weighted by Gasteiger charge is 2.34. The maximum atomic E-state index is 14.1. The number of nitrogens with one attached hydrogen (secondary N) is 2. The first-order chi connectivity index (χ1) is 20.6.